The molecule has 20 heavy (non-hydrogen) atoms. The Morgan fingerprint density at radius 2 is 2.05 bits per heavy atom. The third kappa shape index (κ3) is 4.74. The topological polar surface area (TPSA) is 70.8 Å². The molecule has 1 aromatic carbocycles. The molecule has 0 heterocycles. The number of esters is 1. The number of methoxy groups -OCH3 is 1. The van der Waals surface area contributed by atoms with Gasteiger partial charge in [-0.2, -0.15) is 0 Å². The molecule has 0 aliphatic rings. The summed E-state index contributed by atoms with van der Waals surface area (Å²) in [4.78, 5) is 11.5. The van der Waals surface area contributed by atoms with E-state index >= 15 is 0 Å². The Morgan fingerprint density at radius 1 is 1.30 bits per heavy atom. The van der Waals surface area contributed by atoms with Gasteiger partial charge in [-0.1, -0.05) is 13.0 Å². The van der Waals surface area contributed by atoms with E-state index in [1.807, 2.05) is 25.1 Å². The summed E-state index contributed by atoms with van der Waals surface area (Å²) in [6.07, 6.45) is 1.34. The van der Waals surface area contributed by atoms with Gasteiger partial charge in [0.1, 0.15) is 6.04 Å². The fraction of sp³-hybridized carbons (Fsp3) is 0.533. The second kappa shape index (κ2) is 8.43. The van der Waals surface area contributed by atoms with Crippen LogP contribution in [-0.2, 0) is 16.0 Å². The molecule has 1 aromatic rings. The molecule has 0 radical (unpaired) electrons. The van der Waals surface area contributed by atoms with Crippen LogP contribution in [0.25, 0.3) is 0 Å². The van der Waals surface area contributed by atoms with Crippen molar-refractivity contribution < 1.29 is 19.0 Å². The van der Waals surface area contributed by atoms with E-state index in [2.05, 4.69) is 0 Å². The maximum atomic E-state index is 11.5. The summed E-state index contributed by atoms with van der Waals surface area (Å²) in [5, 5.41) is 0. The average molecular weight is 281 g/mol. The molecule has 1 rings (SSSR count). The first kappa shape index (κ1) is 16.3. The zero-order valence-electron chi connectivity index (χ0n) is 12.3. The number of hydrogen-bond acceptors (Lipinski definition) is 5. The van der Waals surface area contributed by atoms with Crippen LogP contribution < -0.4 is 15.2 Å². The standard InChI is InChI=1S/C15H23NO4/c1-4-8-20-13-7-6-11(10-14(13)18-3)9-12(16)15(17)19-5-2/h6-7,10,12H,4-5,8-9,16H2,1-3H3. The largest absolute Gasteiger partial charge is 0.493 e. The van der Waals surface area contributed by atoms with Crippen LogP contribution in [0.15, 0.2) is 18.2 Å². The van der Waals surface area contributed by atoms with Gasteiger partial charge in [-0.25, -0.2) is 0 Å². The third-order valence-electron chi connectivity index (χ3n) is 2.73. The molecular weight excluding hydrogens is 258 g/mol. The van der Waals surface area contributed by atoms with Gasteiger partial charge in [0.15, 0.2) is 11.5 Å². The first-order valence-electron chi connectivity index (χ1n) is 6.84. The Morgan fingerprint density at radius 3 is 2.65 bits per heavy atom. The fourth-order valence-corrected chi connectivity index (χ4v) is 1.76. The molecule has 1 unspecified atom stereocenters. The Balaban J connectivity index is 2.74. The van der Waals surface area contributed by atoms with E-state index in [4.69, 9.17) is 19.9 Å². The van der Waals surface area contributed by atoms with Crippen LogP contribution in [0.1, 0.15) is 25.8 Å². The van der Waals surface area contributed by atoms with E-state index in [0.29, 0.717) is 31.1 Å². The van der Waals surface area contributed by atoms with Crippen molar-refractivity contribution in [3.63, 3.8) is 0 Å². The maximum Gasteiger partial charge on any atom is 0.323 e. The van der Waals surface area contributed by atoms with Crippen LogP contribution in [0.3, 0.4) is 0 Å². The zero-order chi connectivity index (χ0) is 15.0. The molecule has 0 spiro atoms. The summed E-state index contributed by atoms with van der Waals surface area (Å²) >= 11 is 0. The highest BCUT2D eigenvalue weighted by Crippen LogP contribution is 2.28. The zero-order valence-corrected chi connectivity index (χ0v) is 12.3. The van der Waals surface area contributed by atoms with Crippen LogP contribution in [0.5, 0.6) is 11.5 Å². The molecule has 0 saturated heterocycles. The number of carbonyl (C=O) groups is 1. The van der Waals surface area contributed by atoms with E-state index in [0.717, 1.165) is 12.0 Å². The summed E-state index contributed by atoms with van der Waals surface area (Å²) in [6, 6.07) is 4.89. The van der Waals surface area contributed by atoms with Crippen LogP contribution in [-0.4, -0.2) is 32.3 Å². The molecule has 0 bridgehead atoms. The highest BCUT2D eigenvalue weighted by atomic mass is 16.5. The second-order valence-corrected chi connectivity index (χ2v) is 4.40. The Labute approximate surface area is 120 Å². The lowest BCUT2D eigenvalue weighted by Gasteiger charge is -2.14. The first-order chi connectivity index (χ1) is 9.62. The lowest BCUT2D eigenvalue weighted by Crippen LogP contribution is -2.34. The molecule has 1 atom stereocenters. The van der Waals surface area contributed by atoms with Crippen molar-refractivity contribution in [1.29, 1.82) is 0 Å². The van der Waals surface area contributed by atoms with Gasteiger partial charge < -0.3 is 19.9 Å². The summed E-state index contributed by atoms with van der Waals surface area (Å²) in [5.41, 5.74) is 6.71. The summed E-state index contributed by atoms with van der Waals surface area (Å²) in [5.74, 6) is 0.951. The van der Waals surface area contributed by atoms with Crippen LogP contribution in [0.2, 0.25) is 0 Å². The van der Waals surface area contributed by atoms with Gasteiger partial charge in [-0.05, 0) is 37.5 Å². The Hall–Kier alpha value is -1.75. The van der Waals surface area contributed by atoms with Crippen molar-refractivity contribution in [3.8, 4) is 11.5 Å². The molecule has 112 valence electrons. The van der Waals surface area contributed by atoms with E-state index in [1.165, 1.54) is 0 Å². The lowest BCUT2D eigenvalue weighted by molar-refractivity contribution is -0.144. The molecule has 0 aliphatic heterocycles. The number of carbonyl (C=O) groups excluding carboxylic acids is 1. The van der Waals surface area contributed by atoms with E-state index in [9.17, 15) is 4.79 Å². The first-order valence-corrected chi connectivity index (χ1v) is 6.84. The van der Waals surface area contributed by atoms with E-state index in [-0.39, 0.29) is 0 Å². The molecule has 5 heteroatoms. The van der Waals surface area contributed by atoms with E-state index < -0.39 is 12.0 Å². The maximum absolute atomic E-state index is 11.5. The van der Waals surface area contributed by atoms with Gasteiger partial charge in [0, 0.05) is 0 Å². The number of ether oxygens (including phenoxy) is 3. The molecule has 0 aliphatic carbocycles. The highest BCUT2D eigenvalue weighted by molar-refractivity contribution is 5.75. The van der Waals surface area contributed by atoms with Crippen molar-refractivity contribution in [3.05, 3.63) is 23.8 Å². The van der Waals surface area contributed by atoms with Crippen molar-refractivity contribution in [2.24, 2.45) is 5.73 Å². The van der Waals surface area contributed by atoms with Gasteiger partial charge in [0.25, 0.3) is 0 Å². The highest BCUT2D eigenvalue weighted by Gasteiger charge is 2.16. The summed E-state index contributed by atoms with van der Waals surface area (Å²) in [7, 11) is 1.59. The van der Waals surface area contributed by atoms with Gasteiger partial charge in [0.05, 0.1) is 20.3 Å². The Bertz CT molecular complexity index is 434. The minimum absolute atomic E-state index is 0.333. The molecule has 0 aromatic heterocycles. The molecule has 0 saturated carbocycles. The van der Waals surface area contributed by atoms with Crippen LogP contribution in [0.4, 0.5) is 0 Å². The number of hydrogen-bond donors (Lipinski definition) is 1. The van der Waals surface area contributed by atoms with Crippen molar-refractivity contribution in [1.82, 2.24) is 0 Å². The Kier molecular flexibility index (Phi) is 6.87. The quantitative estimate of drug-likeness (QED) is 0.737. The summed E-state index contributed by atoms with van der Waals surface area (Å²) in [6.45, 7) is 4.77. The number of benzene rings is 1. The van der Waals surface area contributed by atoms with E-state index in [1.54, 1.807) is 14.0 Å². The predicted molar refractivity (Wildman–Crippen MR) is 77.1 cm³/mol. The van der Waals surface area contributed by atoms with Gasteiger partial charge >= 0.3 is 5.97 Å². The van der Waals surface area contributed by atoms with Crippen LogP contribution in [0, 0.1) is 0 Å². The van der Waals surface area contributed by atoms with Crippen LogP contribution >= 0.6 is 0 Å². The molecule has 2 N–H and O–H groups in total. The average Bonchev–Trinajstić information content (AvgIpc) is 2.45. The third-order valence-corrected chi connectivity index (χ3v) is 2.73. The van der Waals surface area contributed by atoms with Crippen molar-refractivity contribution in [2.45, 2.75) is 32.7 Å². The smallest absolute Gasteiger partial charge is 0.323 e. The number of nitrogens with two attached hydrogens (primary N) is 1. The SMILES string of the molecule is CCCOc1ccc(CC(N)C(=O)OCC)cc1OC. The minimum Gasteiger partial charge on any atom is -0.493 e. The molecular formula is C15H23NO4. The number of rotatable bonds is 8. The predicted octanol–water partition coefficient (Wildman–Crippen LogP) is 1.92. The van der Waals surface area contributed by atoms with Gasteiger partial charge in [-0.3, -0.25) is 4.79 Å². The molecule has 0 fully saturated rings. The normalized spacial score (nSPS) is 11.8. The minimum atomic E-state index is -0.665. The summed E-state index contributed by atoms with van der Waals surface area (Å²) < 4.78 is 15.8. The van der Waals surface area contributed by atoms with Crippen molar-refractivity contribution >= 4 is 5.97 Å². The second-order valence-electron chi connectivity index (χ2n) is 4.40. The fourth-order valence-electron chi connectivity index (χ4n) is 1.76. The molecule has 0 amide bonds. The van der Waals surface area contributed by atoms with Gasteiger partial charge in [0.2, 0.25) is 0 Å². The van der Waals surface area contributed by atoms with Gasteiger partial charge in [-0.15, -0.1) is 0 Å². The monoisotopic (exact) mass is 281 g/mol. The lowest BCUT2D eigenvalue weighted by atomic mass is 10.1. The molecule has 5 nitrogen and oxygen atoms in total. The van der Waals surface area contributed by atoms with Crippen molar-refractivity contribution in [2.75, 3.05) is 20.3 Å².